The number of nitrogens with zero attached hydrogens (tertiary/aromatic N) is 5. The van der Waals surface area contributed by atoms with Gasteiger partial charge in [-0.2, -0.15) is 0 Å². The first-order valence-corrected chi connectivity index (χ1v) is 14.5. The quantitative estimate of drug-likeness (QED) is 0.322. The number of rotatable bonds is 6. The first kappa shape index (κ1) is 24.8. The minimum Gasteiger partial charge on any atom is -0.386 e. The van der Waals surface area contributed by atoms with Crippen LogP contribution in [-0.2, 0) is 10.3 Å². The number of fused-ring (bicyclic) bond motifs is 3. The molecule has 0 saturated carbocycles. The fourth-order valence-electron chi connectivity index (χ4n) is 5.93. The molecule has 10 heteroatoms. The van der Waals surface area contributed by atoms with Crippen LogP contribution >= 0.6 is 11.3 Å². The van der Waals surface area contributed by atoms with Crippen LogP contribution in [0.1, 0.15) is 50.3 Å². The van der Waals surface area contributed by atoms with Gasteiger partial charge in [0.1, 0.15) is 10.8 Å². The van der Waals surface area contributed by atoms with E-state index in [0.717, 1.165) is 83.4 Å². The fourth-order valence-corrected chi connectivity index (χ4v) is 6.84. The van der Waals surface area contributed by atoms with E-state index < -0.39 is 5.60 Å². The molecule has 39 heavy (non-hydrogen) atoms. The minimum atomic E-state index is -0.906. The molecular weight excluding hydrogens is 510 g/mol. The molecule has 2 atom stereocenters. The molecule has 3 fully saturated rings. The summed E-state index contributed by atoms with van der Waals surface area (Å²) in [6.07, 6.45) is 6.82. The van der Waals surface area contributed by atoms with Crippen molar-refractivity contribution in [2.24, 2.45) is 0 Å². The van der Waals surface area contributed by atoms with Gasteiger partial charge >= 0.3 is 0 Å². The maximum Gasteiger partial charge on any atom is 0.153 e. The topological polar surface area (TPSA) is 108 Å². The Morgan fingerprint density at radius 3 is 2.74 bits per heavy atom. The summed E-state index contributed by atoms with van der Waals surface area (Å²) in [5.74, 6) is 2.76. The average molecular weight is 544 g/mol. The van der Waals surface area contributed by atoms with Gasteiger partial charge in [-0.15, -0.1) is 11.3 Å². The first-order valence-electron chi connectivity index (χ1n) is 13.7. The lowest BCUT2D eigenvalue weighted by molar-refractivity contribution is 0.0786. The van der Waals surface area contributed by atoms with Gasteiger partial charge in [0.05, 0.1) is 27.7 Å². The van der Waals surface area contributed by atoms with Gasteiger partial charge in [0, 0.05) is 62.1 Å². The van der Waals surface area contributed by atoms with E-state index in [1.54, 1.807) is 25.2 Å². The van der Waals surface area contributed by atoms with Gasteiger partial charge in [-0.3, -0.25) is 4.98 Å². The minimum absolute atomic E-state index is 0.375. The molecule has 0 radical (unpaired) electrons. The van der Waals surface area contributed by atoms with Crippen LogP contribution in [-0.4, -0.2) is 63.4 Å². The van der Waals surface area contributed by atoms with Gasteiger partial charge < -0.3 is 25.4 Å². The molecule has 3 N–H and O–H groups in total. The number of aromatic nitrogens is 4. The monoisotopic (exact) mass is 543 g/mol. The normalized spacial score (nSPS) is 21.7. The van der Waals surface area contributed by atoms with Crippen molar-refractivity contribution in [3.8, 4) is 10.6 Å². The molecular formula is C29H33N7O2S. The largest absolute Gasteiger partial charge is 0.386 e. The number of anilines is 3. The number of thiazole rings is 1. The van der Waals surface area contributed by atoms with Gasteiger partial charge in [-0.25, -0.2) is 15.0 Å². The Morgan fingerprint density at radius 1 is 1.10 bits per heavy atom. The highest BCUT2D eigenvalue weighted by Crippen LogP contribution is 2.37. The van der Waals surface area contributed by atoms with Crippen molar-refractivity contribution < 1.29 is 9.84 Å². The van der Waals surface area contributed by atoms with Crippen LogP contribution in [0.3, 0.4) is 0 Å². The average Bonchev–Trinajstić information content (AvgIpc) is 3.69. The molecule has 0 unspecified atom stereocenters. The third kappa shape index (κ3) is 4.86. The Balaban J connectivity index is 1.18. The zero-order chi connectivity index (χ0) is 26.6. The zero-order valence-corrected chi connectivity index (χ0v) is 23.0. The summed E-state index contributed by atoms with van der Waals surface area (Å²) in [6, 6.07) is 10.9. The maximum atomic E-state index is 10.4. The maximum absolute atomic E-state index is 10.4. The number of nitrogens with one attached hydrogen (secondary N) is 2. The molecule has 4 aromatic rings. The summed E-state index contributed by atoms with van der Waals surface area (Å²) in [5, 5.41) is 18.3. The zero-order valence-electron chi connectivity index (χ0n) is 22.2. The summed E-state index contributed by atoms with van der Waals surface area (Å²) in [7, 11) is 0. The van der Waals surface area contributed by atoms with Gasteiger partial charge in [-0.1, -0.05) is 18.2 Å². The van der Waals surface area contributed by atoms with Crippen molar-refractivity contribution in [1.29, 1.82) is 0 Å². The summed E-state index contributed by atoms with van der Waals surface area (Å²) in [4.78, 5) is 22.1. The van der Waals surface area contributed by atoms with Crippen molar-refractivity contribution in [1.82, 2.24) is 25.3 Å². The second kappa shape index (κ2) is 9.78. The molecule has 0 amide bonds. The van der Waals surface area contributed by atoms with E-state index in [-0.39, 0.29) is 0 Å². The molecule has 3 saturated heterocycles. The number of benzene rings is 1. The highest BCUT2D eigenvalue weighted by Gasteiger charge is 2.40. The van der Waals surface area contributed by atoms with E-state index in [2.05, 4.69) is 20.5 Å². The highest BCUT2D eigenvalue weighted by atomic mass is 32.1. The molecule has 3 aromatic heterocycles. The Bertz CT molecular complexity index is 1510. The molecule has 6 heterocycles. The number of hydrogen-bond donors (Lipinski definition) is 3. The Morgan fingerprint density at radius 2 is 1.97 bits per heavy atom. The summed E-state index contributed by atoms with van der Waals surface area (Å²) in [6.45, 7) is 7.12. The first-order chi connectivity index (χ1) is 18.9. The summed E-state index contributed by atoms with van der Waals surface area (Å²) < 4.78 is 6.62. The molecule has 0 aliphatic carbocycles. The van der Waals surface area contributed by atoms with Crippen molar-refractivity contribution in [2.75, 3.05) is 36.5 Å². The van der Waals surface area contributed by atoms with Crippen molar-refractivity contribution >= 4 is 39.0 Å². The van der Waals surface area contributed by atoms with E-state index in [1.165, 1.54) is 0 Å². The second-order valence-electron chi connectivity index (χ2n) is 11.3. The van der Waals surface area contributed by atoms with E-state index in [9.17, 15) is 5.11 Å². The fraction of sp³-hybridized carbons (Fsp3) is 0.448. The lowest BCUT2D eigenvalue weighted by Gasteiger charge is -2.32. The predicted octanol–water partition coefficient (Wildman–Crippen LogP) is 4.56. The van der Waals surface area contributed by atoms with E-state index in [1.807, 2.05) is 42.7 Å². The summed E-state index contributed by atoms with van der Waals surface area (Å²) in [5.41, 5.74) is 2.91. The Hall–Kier alpha value is -3.18. The molecule has 2 bridgehead atoms. The smallest absolute Gasteiger partial charge is 0.153 e. The molecule has 3 aliphatic heterocycles. The van der Waals surface area contributed by atoms with E-state index in [4.69, 9.17) is 19.7 Å². The molecule has 202 valence electrons. The molecule has 7 rings (SSSR count). The number of hydrogen-bond acceptors (Lipinski definition) is 10. The van der Waals surface area contributed by atoms with Gasteiger partial charge in [0.25, 0.3) is 0 Å². The van der Waals surface area contributed by atoms with Gasteiger partial charge in [0.2, 0.25) is 0 Å². The standard InChI is InChI=1S/C29H33N7O2S/c1-29(2,37)19-5-3-4-18(10-19)28-33-22-12-24(31-14-23(22)39-28)34-25-15-32-26(17-6-8-38-9-7-17)27(35-25)36-16-20-11-21(36)13-30-20/h3-5,10,12,14-15,17,20-21,30,37H,6-9,11,13,16H2,1-2H3,(H,31,34,35)/t20-,21-/m0/s1. The number of ether oxygens (including phenoxy) is 1. The number of piperazine rings is 1. The van der Waals surface area contributed by atoms with Crippen LogP contribution in [0.25, 0.3) is 20.8 Å². The summed E-state index contributed by atoms with van der Waals surface area (Å²) >= 11 is 1.59. The van der Waals surface area contributed by atoms with Gasteiger partial charge in [-0.05, 0) is 44.7 Å². The van der Waals surface area contributed by atoms with Crippen molar-refractivity contribution in [2.45, 2.75) is 56.7 Å². The van der Waals surface area contributed by atoms with Crippen LogP contribution in [0.5, 0.6) is 0 Å². The lowest BCUT2D eigenvalue weighted by atomic mass is 9.95. The van der Waals surface area contributed by atoms with Crippen LogP contribution in [0.4, 0.5) is 17.5 Å². The number of pyridine rings is 1. The van der Waals surface area contributed by atoms with E-state index in [0.29, 0.717) is 29.6 Å². The molecule has 1 aromatic carbocycles. The molecule has 9 nitrogen and oxygen atoms in total. The van der Waals surface area contributed by atoms with E-state index >= 15 is 0 Å². The lowest BCUT2D eigenvalue weighted by Crippen LogP contribution is -2.44. The third-order valence-electron chi connectivity index (χ3n) is 8.07. The van der Waals surface area contributed by atoms with Crippen LogP contribution in [0.2, 0.25) is 0 Å². The second-order valence-corrected chi connectivity index (χ2v) is 12.3. The molecule has 0 spiro atoms. The molecule has 3 aliphatic rings. The Labute approximate surface area is 231 Å². The predicted molar refractivity (Wildman–Crippen MR) is 154 cm³/mol. The Kier molecular flexibility index (Phi) is 6.23. The third-order valence-corrected chi connectivity index (χ3v) is 9.12. The van der Waals surface area contributed by atoms with Crippen LogP contribution < -0.4 is 15.5 Å². The number of aliphatic hydroxyl groups is 1. The highest BCUT2D eigenvalue weighted by molar-refractivity contribution is 7.21. The van der Waals surface area contributed by atoms with Crippen LogP contribution in [0.15, 0.2) is 42.7 Å². The van der Waals surface area contributed by atoms with Crippen molar-refractivity contribution in [3.05, 3.63) is 54.0 Å². The van der Waals surface area contributed by atoms with Gasteiger partial charge in [0.15, 0.2) is 11.6 Å². The van der Waals surface area contributed by atoms with Crippen molar-refractivity contribution in [3.63, 3.8) is 0 Å². The van der Waals surface area contributed by atoms with Crippen LogP contribution in [0, 0.1) is 0 Å². The SMILES string of the molecule is CC(C)(O)c1cccc(-c2nc3cc(Nc4cnc(C5CCOCC5)c(N5C[C@@H]6C[C@H]5CN6)n4)ncc3s2)c1.